The van der Waals surface area contributed by atoms with Gasteiger partial charge in [-0.2, -0.15) is 0 Å². The van der Waals surface area contributed by atoms with Gasteiger partial charge in [-0.3, -0.25) is 9.69 Å². The number of anilines is 1. The van der Waals surface area contributed by atoms with E-state index in [1.54, 1.807) is 0 Å². The highest BCUT2D eigenvalue weighted by atomic mass is 16.3. The fourth-order valence-corrected chi connectivity index (χ4v) is 2.71. The van der Waals surface area contributed by atoms with Crippen LogP contribution in [0.25, 0.3) is 0 Å². The molecule has 1 N–H and O–H groups in total. The number of amides is 1. The molecule has 1 aliphatic heterocycles. The Labute approximate surface area is 114 Å². The van der Waals surface area contributed by atoms with Crippen molar-refractivity contribution in [1.82, 2.24) is 4.90 Å². The maximum Gasteiger partial charge on any atom is 0.244 e. The number of aryl methyl sites for hydroxylation is 2. The number of nitrogens with zero attached hydrogens (tertiary/aromatic N) is 2. The average molecular weight is 262 g/mol. The quantitative estimate of drug-likeness (QED) is 0.894. The van der Waals surface area contributed by atoms with Gasteiger partial charge in [0.05, 0.1) is 6.04 Å². The van der Waals surface area contributed by atoms with Crippen LogP contribution in [0.15, 0.2) is 18.2 Å². The summed E-state index contributed by atoms with van der Waals surface area (Å²) >= 11 is 0. The molecule has 1 saturated heterocycles. The van der Waals surface area contributed by atoms with E-state index >= 15 is 0 Å². The number of aliphatic hydroxyl groups is 1. The SMILES string of the molecule is Cc1ccc(N2CCN(C)C(CCO)C2=O)c(C)c1. The number of likely N-dealkylation sites (N-methyl/N-ethyl adjacent to an activating group) is 1. The zero-order valence-electron chi connectivity index (χ0n) is 11.9. The van der Waals surface area contributed by atoms with Gasteiger partial charge in [0.2, 0.25) is 5.91 Å². The molecule has 104 valence electrons. The molecule has 0 bridgehead atoms. The molecule has 0 aliphatic carbocycles. The summed E-state index contributed by atoms with van der Waals surface area (Å²) < 4.78 is 0. The standard InChI is InChI=1S/C15H22N2O2/c1-11-4-5-13(12(2)10-11)17-8-7-16(3)14(6-9-18)15(17)19/h4-5,10,14,18H,6-9H2,1-3H3. The second-order valence-electron chi connectivity index (χ2n) is 5.29. The zero-order chi connectivity index (χ0) is 14.0. The molecule has 1 fully saturated rings. The lowest BCUT2D eigenvalue weighted by atomic mass is 10.0. The van der Waals surface area contributed by atoms with E-state index in [-0.39, 0.29) is 18.6 Å². The molecule has 1 heterocycles. The Balaban J connectivity index is 2.27. The highest BCUT2D eigenvalue weighted by Crippen LogP contribution is 2.25. The fraction of sp³-hybridized carbons (Fsp3) is 0.533. The van der Waals surface area contributed by atoms with E-state index in [2.05, 4.69) is 13.0 Å². The molecule has 1 atom stereocenters. The van der Waals surface area contributed by atoms with Crippen LogP contribution in [-0.2, 0) is 4.79 Å². The average Bonchev–Trinajstić information content (AvgIpc) is 2.36. The summed E-state index contributed by atoms with van der Waals surface area (Å²) in [6.45, 7) is 5.68. The van der Waals surface area contributed by atoms with Crippen LogP contribution in [0.3, 0.4) is 0 Å². The van der Waals surface area contributed by atoms with Crippen LogP contribution in [0.4, 0.5) is 5.69 Å². The largest absolute Gasteiger partial charge is 0.396 e. The number of benzene rings is 1. The van der Waals surface area contributed by atoms with Gasteiger partial charge in [0.1, 0.15) is 0 Å². The number of piperazine rings is 1. The van der Waals surface area contributed by atoms with Crippen molar-refractivity contribution in [2.45, 2.75) is 26.3 Å². The Kier molecular flexibility index (Phi) is 4.22. The summed E-state index contributed by atoms with van der Waals surface area (Å²) in [7, 11) is 1.94. The van der Waals surface area contributed by atoms with Crippen LogP contribution in [0.5, 0.6) is 0 Å². The molecule has 4 heteroatoms. The van der Waals surface area contributed by atoms with Gasteiger partial charge in [-0.05, 0) is 38.9 Å². The minimum Gasteiger partial charge on any atom is -0.396 e. The molecule has 1 unspecified atom stereocenters. The number of hydrogen-bond acceptors (Lipinski definition) is 3. The van der Waals surface area contributed by atoms with Crippen LogP contribution in [0.1, 0.15) is 17.5 Å². The zero-order valence-corrected chi connectivity index (χ0v) is 11.9. The summed E-state index contributed by atoms with van der Waals surface area (Å²) in [5.41, 5.74) is 3.32. The van der Waals surface area contributed by atoms with Crippen LogP contribution in [0, 0.1) is 13.8 Å². The Morgan fingerprint density at radius 1 is 1.32 bits per heavy atom. The van der Waals surface area contributed by atoms with Crippen molar-refractivity contribution in [2.75, 3.05) is 31.6 Å². The highest BCUT2D eigenvalue weighted by molar-refractivity contribution is 5.98. The number of carbonyl (C=O) groups excluding carboxylic acids is 1. The third-order valence-corrected chi connectivity index (χ3v) is 3.81. The first-order chi connectivity index (χ1) is 9.04. The molecule has 1 aromatic rings. The van der Waals surface area contributed by atoms with E-state index in [0.717, 1.165) is 17.8 Å². The number of hydrogen-bond donors (Lipinski definition) is 1. The van der Waals surface area contributed by atoms with Gasteiger partial charge in [0.15, 0.2) is 0 Å². The Morgan fingerprint density at radius 3 is 2.68 bits per heavy atom. The number of rotatable bonds is 3. The van der Waals surface area contributed by atoms with Crippen molar-refractivity contribution >= 4 is 11.6 Å². The van der Waals surface area contributed by atoms with Crippen LogP contribution in [-0.4, -0.2) is 48.7 Å². The second kappa shape index (κ2) is 5.72. The first-order valence-corrected chi connectivity index (χ1v) is 6.74. The van der Waals surface area contributed by atoms with Crippen molar-refractivity contribution in [3.05, 3.63) is 29.3 Å². The van der Waals surface area contributed by atoms with Crippen LogP contribution < -0.4 is 4.90 Å². The normalized spacial score (nSPS) is 20.9. The van der Waals surface area contributed by atoms with Gasteiger partial charge in [0, 0.05) is 25.4 Å². The fourth-order valence-electron chi connectivity index (χ4n) is 2.71. The Hall–Kier alpha value is -1.39. The molecule has 0 spiro atoms. The lowest BCUT2D eigenvalue weighted by molar-refractivity contribution is -0.125. The van der Waals surface area contributed by atoms with Gasteiger partial charge in [-0.15, -0.1) is 0 Å². The maximum absolute atomic E-state index is 12.5. The van der Waals surface area contributed by atoms with E-state index < -0.39 is 0 Å². The molecule has 0 aromatic heterocycles. The number of carbonyl (C=O) groups is 1. The first-order valence-electron chi connectivity index (χ1n) is 6.74. The minimum atomic E-state index is -0.209. The predicted octanol–water partition coefficient (Wildman–Crippen LogP) is 1.33. The summed E-state index contributed by atoms with van der Waals surface area (Å²) in [4.78, 5) is 16.4. The monoisotopic (exact) mass is 262 g/mol. The van der Waals surface area contributed by atoms with E-state index in [1.807, 2.05) is 35.9 Å². The minimum absolute atomic E-state index is 0.0431. The Morgan fingerprint density at radius 2 is 2.05 bits per heavy atom. The summed E-state index contributed by atoms with van der Waals surface area (Å²) in [6.07, 6.45) is 0.497. The summed E-state index contributed by atoms with van der Waals surface area (Å²) in [6, 6.07) is 5.94. The molecule has 2 rings (SSSR count). The van der Waals surface area contributed by atoms with Crippen molar-refractivity contribution in [2.24, 2.45) is 0 Å². The van der Waals surface area contributed by atoms with E-state index in [0.29, 0.717) is 13.0 Å². The molecular weight excluding hydrogens is 240 g/mol. The smallest absolute Gasteiger partial charge is 0.244 e. The molecule has 19 heavy (non-hydrogen) atoms. The summed E-state index contributed by atoms with van der Waals surface area (Å²) in [5, 5.41) is 9.10. The van der Waals surface area contributed by atoms with Gasteiger partial charge in [-0.25, -0.2) is 0 Å². The molecule has 1 aromatic carbocycles. The molecule has 1 aliphatic rings. The first kappa shape index (κ1) is 14.0. The van der Waals surface area contributed by atoms with Gasteiger partial charge in [-0.1, -0.05) is 17.7 Å². The highest BCUT2D eigenvalue weighted by Gasteiger charge is 2.33. The molecular formula is C15H22N2O2. The topological polar surface area (TPSA) is 43.8 Å². The van der Waals surface area contributed by atoms with E-state index in [4.69, 9.17) is 5.11 Å². The van der Waals surface area contributed by atoms with E-state index in [9.17, 15) is 4.79 Å². The molecule has 4 nitrogen and oxygen atoms in total. The lowest BCUT2D eigenvalue weighted by Gasteiger charge is -2.39. The molecule has 1 amide bonds. The number of aliphatic hydroxyl groups excluding tert-OH is 1. The van der Waals surface area contributed by atoms with Crippen LogP contribution >= 0.6 is 0 Å². The molecule has 0 radical (unpaired) electrons. The van der Waals surface area contributed by atoms with Crippen molar-refractivity contribution < 1.29 is 9.90 Å². The predicted molar refractivity (Wildman–Crippen MR) is 76.4 cm³/mol. The van der Waals surface area contributed by atoms with Crippen molar-refractivity contribution in [3.63, 3.8) is 0 Å². The second-order valence-corrected chi connectivity index (χ2v) is 5.29. The van der Waals surface area contributed by atoms with Gasteiger partial charge >= 0.3 is 0 Å². The van der Waals surface area contributed by atoms with Crippen molar-refractivity contribution in [1.29, 1.82) is 0 Å². The molecule has 0 saturated carbocycles. The van der Waals surface area contributed by atoms with Gasteiger partial charge < -0.3 is 10.0 Å². The Bertz CT molecular complexity index is 473. The maximum atomic E-state index is 12.5. The third kappa shape index (κ3) is 2.80. The lowest BCUT2D eigenvalue weighted by Crippen LogP contribution is -2.56. The third-order valence-electron chi connectivity index (χ3n) is 3.81. The van der Waals surface area contributed by atoms with Crippen molar-refractivity contribution in [3.8, 4) is 0 Å². The van der Waals surface area contributed by atoms with Crippen LogP contribution in [0.2, 0.25) is 0 Å². The van der Waals surface area contributed by atoms with E-state index in [1.165, 1.54) is 5.56 Å². The van der Waals surface area contributed by atoms with Gasteiger partial charge in [0.25, 0.3) is 0 Å². The summed E-state index contributed by atoms with van der Waals surface area (Å²) in [5.74, 6) is 0.0924.